The molecule has 1 heterocycles. The largest absolute Gasteiger partial charge is 0.464 e. The molecule has 15 heavy (non-hydrogen) atoms. The number of rotatable bonds is 5. The number of ether oxygens (including phenoxy) is 2. The zero-order valence-corrected chi connectivity index (χ0v) is 9.27. The Labute approximate surface area is 89.7 Å². The van der Waals surface area contributed by atoms with E-state index in [0.717, 1.165) is 0 Å². The normalized spacial score (nSPS) is 14.7. The Balaban J connectivity index is 3.07. The molecule has 1 rings (SSSR count). The smallest absolute Gasteiger partial charge is 0.247 e. The van der Waals surface area contributed by atoms with Crippen molar-refractivity contribution in [3.05, 3.63) is 36.3 Å². The van der Waals surface area contributed by atoms with Crippen molar-refractivity contribution in [2.45, 2.75) is 18.8 Å². The summed E-state index contributed by atoms with van der Waals surface area (Å²) in [5, 5.41) is 0. The molecule has 0 radical (unpaired) electrons. The van der Waals surface area contributed by atoms with E-state index >= 15 is 0 Å². The fourth-order valence-electron chi connectivity index (χ4n) is 1.53. The highest BCUT2D eigenvalue weighted by molar-refractivity contribution is 5.13. The van der Waals surface area contributed by atoms with Crippen LogP contribution < -0.4 is 5.73 Å². The Kier molecular flexibility index (Phi) is 4.08. The average Bonchev–Trinajstić information content (AvgIpc) is 2.75. The summed E-state index contributed by atoms with van der Waals surface area (Å²) in [6.45, 7) is 1.89. The van der Waals surface area contributed by atoms with E-state index in [1.54, 1.807) is 24.5 Å². The molecular formula is C11H17NO3. The zero-order valence-electron chi connectivity index (χ0n) is 9.27. The molecule has 0 saturated carbocycles. The van der Waals surface area contributed by atoms with Gasteiger partial charge in [0, 0.05) is 14.2 Å². The summed E-state index contributed by atoms with van der Waals surface area (Å²) in [4.78, 5) is 0. The second-order valence-corrected chi connectivity index (χ2v) is 3.10. The van der Waals surface area contributed by atoms with E-state index in [9.17, 15) is 0 Å². The van der Waals surface area contributed by atoms with Gasteiger partial charge in [-0.05, 0) is 19.1 Å². The van der Waals surface area contributed by atoms with Crippen molar-refractivity contribution >= 4 is 0 Å². The lowest BCUT2D eigenvalue weighted by molar-refractivity contribution is -0.232. The molecule has 0 aliphatic heterocycles. The van der Waals surface area contributed by atoms with Crippen molar-refractivity contribution < 1.29 is 13.9 Å². The van der Waals surface area contributed by atoms with Crippen molar-refractivity contribution in [3.63, 3.8) is 0 Å². The highest BCUT2D eigenvalue weighted by atomic mass is 16.7. The first-order chi connectivity index (χ1) is 7.21. The maximum Gasteiger partial charge on any atom is 0.247 e. The summed E-state index contributed by atoms with van der Waals surface area (Å²) in [7, 11) is 3.07. The van der Waals surface area contributed by atoms with Gasteiger partial charge in [-0.1, -0.05) is 12.2 Å². The molecule has 84 valence electrons. The van der Waals surface area contributed by atoms with Gasteiger partial charge in [-0.2, -0.15) is 0 Å². The number of hydrogen-bond donors (Lipinski definition) is 1. The third-order valence-corrected chi connectivity index (χ3v) is 2.31. The summed E-state index contributed by atoms with van der Waals surface area (Å²) in [6, 6.07) is 3.12. The van der Waals surface area contributed by atoms with E-state index in [0.29, 0.717) is 5.76 Å². The molecule has 1 aromatic heterocycles. The van der Waals surface area contributed by atoms with Crippen molar-refractivity contribution in [2.75, 3.05) is 14.2 Å². The second-order valence-electron chi connectivity index (χ2n) is 3.10. The van der Waals surface area contributed by atoms with Crippen LogP contribution in [-0.2, 0) is 15.3 Å². The predicted octanol–water partition coefficient (Wildman–Crippen LogP) is 1.63. The molecule has 0 saturated heterocycles. The lowest BCUT2D eigenvalue weighted by Gasteiger charge is -2.32. The van der Waals surface area contributed by atoms with Gasteiger partial charge in [0.15, 0.2) is 5.76 Å². The third kappa shape index (κ3) is 2.12. The molecule has 0 aliphatic rings. The molecule has 0 spiro atoms. The van der Waals surface area contributed by atoms with Gasteiger partial charge < -0.3 is 19.6 Å². The minimum atomic E-state index is -1.06. The van der Waals surface area contributed by atoms with Gasteiger partial charge >= 0.3 is 0 Å². The summed E-state index contributed by atoms with van der Waals surface area (Å²) < 4.78 is 16.0. The van der Waals surface area contributed by atoms with Crippen LogP contribution in [0.5, 0.6) is 0 Å². The van der Waals surface area contributed by atoms with Gasteiger partial charge in [0.2, 0.25) is 5.79 Å². The van der Waals surface area contributed by atoms with E-state index in [2.05, 4.69) is 0 Å². The van der Waals surface area contributed by atoms with Gasteiger partial charge in [-0.15, -0.1) is 0 Å². The average molecular weight is 211 g/mol. The zero-order chi connectivity index (χ0) is 11.3. The van der Waals surface area contributed by atoms with Crippen molar-refractivity contribution in [1.29, 1.82) is 0 Å². The van der Waals surface area contributed by atoms with Crippen molar-refractivity contribution in [3.8, 4) is 0 Å². The first-order valence-corrected chi connectivity index (χ1v) is 4.74. The molecule has 0 bridgehead atoms. The lowest BCUT2D eigenvalue weighted by atomic mass is 10.0. The summed E-state index contributed by atoms with van der Waals surface area (Å²) in [5.41, 5.74) is 5.98. The second kappa shape index (κ2) is 5.11. The molecule has 0 amide bonds. The van der Waals surface area contributed by atoms with Gasteiger partial charge in [-0.3, -0.25) is 0 Å². The molecule has 2 N–H and O–H groups in total. The van der Waals surface area contributed by atoms with Crippen LogP contribution in [0.1, 0.15) is 12.7 Å². The Morgan fingerprint density at radius 2 is 2.13 bits per heavy atom. The molecule has 1 aromatic rings. The first kappa shape index (κ1) is 12.0. The van der Waals surface area contributed by atoms with E-state index in [-0.39, 0.29) is 0 Å². The molecular weight excluding hydrogens is 194 g/mol. The number of hydrogen-bond acceptors (Lipinski definition) is 4. The van der Waals surface area contributed by atoms with Crippen LogP contribution in [0.2, 0.25) is 0 Å². The van der Waals surface area contributed by atoms with E-state index in [1.807, 2.05) is 13.0 Å². The van der Waals surface area contributed by atoms with Crippen LogP contribution in [0.3, 0.4) is 0 Å². The van der Waals surface area contributed by atoms with Gasteiger partial charge in [-0.25, -0.2) is 0 Å². The Morgan fingerprint density at radius 3 is 2.53 bits per heavy atom. The molecule has 4 heteroatoms. The topological polar surface area (TPSA) is 57.6 Å². The molecule has 1 atom stereocenters. The Morgan fingerprint density at radius 1 is 1.47 bits per heavy atom. The number of methoxy groups -OCH3 is 2. The van der Waals surface area contributed by atoms with Crippen LogP contribution >= 0.6 is 0 Å². The summed E-state index contributed by atoms with van der Waals surface area (Å²) in [6.07, 6.45) is 5.21. The fourth-order valence-corrected chi connectivity index (χ4v) is 1.53. The quantitative estimate of drug-likeness (QED) is 0.594. The minimum Gasteiger partial charge on any atom is -0.464 e. The van der Waals surface area contributed by atoms with Gasteiger partial charge in [0.05, 0.1) is 12.3 Å². The molecule has 0 fully saturated rings. The Bertz CT molecular complexity index is 302. The molecule has 4 nitrogen and oxygen atoms in total. The third-order valence-electron chi connectivity index (χ3n) is 2.31. The first-order valence-electron chi connectivity index (χ1n) is 4.74. The van der Waals surface area contributed by atoms with Crippen LogP contribution in [0.15, 0.2) is 35.0 Å². The van der Waals surface area contributed by atoms with Crippen LogP contribution in [-0.4, -0.2) is 20.3 Å². The van der Waals surface area contributed by atoms with E-state index < -0.39 is 11.8 Å². The summed E-state index contributed by atoms with van der Waals surface area (Å²) >= 11 is 0. The maximum absolute atomic E-state index is 5.98. The van der Waals surface area contributed by atoms with Crippen LogP contribution in [0.4, 0.5) is 0 Å². The van der Waals surface area contributed by atoms with Crippen molar-refractivity contribution in [1.82, 2.24) is 0 Å². The number of furan rings is 1. The molecule has 0 aliphatic carbocycles. The Hall–Kier alpha value is -1.10. The maximum atomic E-state index is 5.98. The van der Waals surface area contributed by atoms with Gasteiger partial charge in [0.1, 0.15) is 0 Å². The predicted molar refractivity (Wildman–Crippen MR) is 57.2 cm³/mol. The minimum absolute atomic E-state index is 0.427. The van der Waals surface area contributed by atoms with E-state index in [1.165, 1.54) is 14.2 Å². The SMILES string of the molecule is C/C=C/C(N)C(OC)(OC)c1ccco1. The molecule has 1 unspecified atom stereocenters. The monoisotopic (exact) mass is 211 g/mol. The molecule has 0 aromatic carbocycles. The standard InChI is InChI=1S/C11H17NO3/c1-4-6-9(12)11(13-2,14-3)10-7-5-8-15-10/h4-9H,12H2,1-3H3/b6-4+. The fraction of sp³-hybridized carbons (Fsp3) is 0.455. The van der Waals surface area contributed by atoms with Crippen molar-refractivity contribution in [2.24, 2.45) is 5.73 Å². The highest BCUT2D eigenvalue weighted by Gasteiger charge is 2.40. The highest BCUT2D eigenvalue weighted by Crippen LogP contribution is 2.29. The van der Waals surface area contributed by atoms with Gasteiger partial charge in [0.25, 0.3) is 0 Å². The van der Waals surface area contributed by atoms with E-state index in [4.69, 9.17) is 19.6 Å². The number of nitrogens with two attached hydrogens (primary N) is 1. The van der Waals surface area contributed by atoms with Crippen LogP contribution in [0.25, 0.3) is 0 Å². The number of allylic oxidation sites excluding steroid dienone is 1. The van der Waals surface area contributed by atoms with Crippen LogP contribution in [0, 0.1) is 0 Å². The summed E-state index contributed by atoms with van der Waals surface area (Å²) in [5.74, 6) is -0.506. The lowest BCUT2D eigenvalue weighted by Crippen LogP contribution is -2.47.